The van der Waals surface area contributed by atoms with E-state index in [1.807, 2.05) is 67.5 Å². The molecule has 446 valence electrons. The smallest absolute Gasteiger partial charge is 0.262 e. The molecule has 1 saturated carbocycles. The Balaban J connectivity index is 0.701. The first-order valence-electron chi connectivity index (χ1n) is 30.6. The highest BCUT2D eigenvalue weighted by atomic mass is 19.1. The first-order valence-corrected chi connectivity index (χ1v) is 30.6. The van der Waals surface area contributed by atoms with E-state index in [0.29, 0.717) is 103 Å². The second-order valence-electron chi connectivity index (χ2n) is 25.0. The van der Waals surface area contributed by atoms with Gasteiger partial charge in [-0.05, 0) is 171 Å². The van der Waals surface area contributed by atoms with Crippen molar-refractivity contribution in [3.63, 3.8) is 0 Å². The number of aryl methyl sites for hydroxylation is 1. The van der Waals surface area contributed by atoms with Crippen molar-refractivity contribution in [2.45, 2.75) is 147 Å². The largest absolute Gasteiger partial charge is 0.490 e. The molecule has 19 nitrogen and oxygen atoms in total. The molecule has 8 heterocycles. The van der Waals surface area contributed by atoms with Gasteiger partial charge in [0, 0.05) is 97.7 Å². The number of likely N-dealkylation sites (tertiary alicyclic amines) is 2. The first-order chi connectivity index (χ1) is 41.4. The molecule has 4 aromatic carbocycles. The van der Waals surface area contributed by atoms with Crippen molar-refractivity contribution in [1.82, 2.24) is 39.9 Å². The number of nitrogens with zero attached hydrogens (tertiary/aromatic N) is 8. The van der Waals surface area contributed by atoms with E-state index >= 15 is 9.18 Å². The monoisotopic (exact) mass is 1170 g/mol. The number of benzene rings is 4. The number of imide groups is 2. The Bertz CT molecular complexity index is 3760. The molecule has 6 aromatic rings. The standard InChI is InChI=1S/C66H72FN11O8/c1-37(2)69-60(80)48-34-53(51(67)29-39(48)5)71-59-58-54(68-36-76(58)38(3)4)35-52(70-59)41-11-16-50-56(30-41)77(44-31-43(32-44)73-23-7-6-8-24-73)65(85)66(50)21-27-75(28-22-66)62(82)40-9-13-45(14-10-40)86-46-19-25-74(26-20-46)42-12-15-47-49(33-42)64(84)78(63(47)83)55-17-18-57(79)72-61(55)81/h9-16,29-30,33-38,43-44,46,55H,6-8,17-28,31-32H2,1-5H3,(H,69,80)(H,70,71)(H,72,79,81). The third-order valence-electron chi connectivity index (χ3n) is 18.9. The van der Waals surface area contributed by atoms with Crippen molar-refractivity contribution in [2.24, 2.45) is 0 Å². The summed E-state index contributed by atoms with van der Waals surface area (Å²) in [6, 6.07) is 22.7. The second-order valence-corrected chi connectivity index (χ2v) is 25.0. The van der Waals surface area contributed by atoms with Gasteiger partial charge in [0.15, 0.2) is 5.82 Å². The molecule has 0 radical (unpaired) electrons. The average molecular weight is 1170 g/mol. The SMILES string of the molecule is Cc1cc(F)c(Nc2nc(-c3ccc4c(c3)N(C3CC(N5CCCCC5)C3)C(=O)C43CCN(C(=O)c4ccc(OC5CCN(c6ccc7c(c6)C(=O)N(C6CCC(=O)NC6=O)C7=O)CC5)cc4)CC3)cc3ncn(C(C)C)c23)cc1C(=O)NC(C)C. The van der Waals surface area contributed by atoms with Gasteiger partial charge in [0.1, 0.15) is 29.2 Å². The third-order valence-corrected chi connectivity index (χ3v) is 18.9. The van der Waals surface area contributed by atoms with E-state index in [2.05, 4.69) is 42.8 Å². The lowest BCUT2D eigenvalue weighted by molar-refractivity contribution is -0.136. The van der Waals surface area contributed by atoms with E-state index in [1.54, 1.807) is 37.5 Å². The van der Waals surface area contributed by atoms with E-state index in [4.69, 9.17) is 14.7 Å². The quantitative estimate of drug-likeness (QED) is 0.0923. The van der Waals surface area contributed by atoms with Crippen LogP contribution in [0.3, 0.4) is 0 Å². The van der Waals surface area contributed by atoms with Crippen molar-refractivity contribution in [3.8, 4) is 17.0 Å². The van der Waals surface area contributed by atoms with Gasteiger partial charge in [-0.25, -0.2) is 14.4 Å². The maximum atomic E-state index is 16.0. The number of aromatic nitrogens is 3. The lowest BCUT2D eigenvalue weighted by Crippen LogP contribution is -2.58. The van der Waals surface area contributed by atoms with Crippen molar-refractivity contribution in [3.05, 3.63) is 124 Å². The highest BCUT2D eigenvalue weighted by Crippen LogP contribution is 2.52. The Morgan fingerprint density at radius 3 is 2.22 bits per heavy atom. The number of halogens is 1. The summed E-state index contributed by atoms with van der Waals surface area (Å²) < 4.78 is 24.4. The van der Waals surface area contributed by atoms with Gasteiger partial charge >= 0.3 is 0 Å². The van der Waals surface area contributed by atoms with Crippen LogP contribution in [-0.4, -0.2) is 140 Å². The molecule has 3 N–H and O–H groups in total. The van der Waals surface area contributed by atoms with Crippen molar-refractivity contribution >= 4 is 75.3 Å². The number of nitrogens with one attached hydrogen (secondary N) is 3. The van der Waals surface area contributed by atoms with Crippen LogP contribution in [0.1, 0.15) is 157 Å². The Morgan fingerprint density at radius 1 is 0.779 bits per heavy atom. The molecule has 7 amide bonds. The molecule has 86 heavy (non-hydrogen) atoms. The number of hydrogen-bond donors (Lipinski definition) is 3. The topological polar surface area (TPSA) is 212 Å². The molecule has 7 aliphatic rings. The fraction of sp³-hybridized carbons (Fsp3) is 0.439. The van der Waals surface area contributed by atoms with Gasteiger partial charge in [0.2, 0.25) is 17.7 Å². The number of anilines is 4. The fourth-order valence-electron chi connectivity index (χ4n) is 14.1. The Hall–Kier alpha value is -8.52. The minimum atomic E-state index is -1.03. The summed E-state index contributed by atoms with van der Waals surface area (Å²) in [5, 5.41) is 8.44. The Labute approximate surface area is 498 Å². The maximum absolute atomic E-state index is 16.0. The predicted octanol–water partition coefficient (Wildman–Crippen LogP) is 9.00. The van der Waals surface area contributed by atoms with Crippen LogP contribution in [0.4, 0.5) is 27.3 Å². The van der Waals surface area contributed by atoms with Gasteiger partial charge in [-0.1, -0.05) is 18.6 Å². The van der Waals surface area contributed by atoms with Crippen LogP contribution in [0.25, 0.3) is 22.3 Å². The van der Waals surface area contributed by atoms with Crippen LogP contribution in [0.5, 0.6) is 5.75 Å². The van der Waals surface area contributed by atoms with Crippen LogP contribution in [0, 0.1) is 12.7 Å². The Kier molecular flexibility index (Phi) is 14.7. The van der Waals surface area contributed by atoms with Gasteiger partial charge in [-0.3, -0.25) is 43.8 Å². The van der Waals surface area contributed by atoms with Crippen molar-refractivity contribution in [1.29, 1.82) is 0 Å². The number of piperidine rings is 4. The van der Waals surface area contributed by atoms with Crippen LogP contribution >= 0.6 is 0 Å². The molecule has 0 bridgehead atoms. The van der Waals surface area contributed by atoms with Crippen LogP contribution in [0.2, 0.25) is 0 Å². The van der Waals surface area contributed by atoms with E-state index in [-0.39, 0.29) is 71.6 Å². The number of carbonyl (C=O) groups excluding carboxylic acids is 7. The summed E-state index contributed by atoms with van der Waals surface area (Å²) >= 11 is 0. The minimum Gasteiger partial charge on any atom is -0.490 e. The molecule has 1 aliphatic carbocycles. The van der Waals surface area contributed by atoms with E-state index < -0.39 is 40.9 Å². The number of carbonyl (C=O) groups is 7. The number of imidazole rings is 1. The molecular formula is C66H72FN11O8. The summed E-state index contributed by atoms with van der Waals surface area (Å²) in [7, 11) is 0. The minimum absolute atomic E-state index is 0.00304. The van der Waals surface area contributed by atoms with Crippen LogP contribution in [0.15, 0.2) is 85.2 Å². The van der Waals surface area contributed by atoms with Crippen LogP contribution in [-0.2, 0) is 19.8 Å². The molecular weight excluding hydrogens is 1090 g/mol. The number of pyridine rings is 1. The van der Waals surface area contributed by atoms with Gasteiger partial charge in [-0.2, -0.15) is 0 Å². The number of fused-ring (bicyclic) bond motifs is 4. The number of rotatable bonds is 13. The fourth-order valence-corrected chi connectivity index (χ4v) is 14.1. The van der Waals surface area contributed by atoms with E-state index in [1.165, 1.54) is 31.4 Å². The summed E-state index contributed by atoms with van der Waals surface area (Å²) in [6.45, 7) is 13.8. The van der Waals surface area contributed by atoms with Gasteiger partial charge < -0.3 is 39.5 Å². The zero-order chi connectivity index (χ0) is 59.9. The molecule has 1 atom stereocenters. The highest BCUT2D eigenvalue weighted by Gasteiger charge is 2.56. The van der Waals surface area contributed by atoms with Crippen molar-refractivity contribution < 1.29 is 42.7 Å². The summed E-state index contributed by atoms with van der Waals surface area (Å²) in [6.07, 6.45) is 9.53. The highest BCUT2D eigenvalue weighted by molar-refractivity contribution is 6.24. The third kappa shape index (κ3) is 10.1. The molecule has 5 fully saturated rings. The summed E-state index contributed by atoms with van der Waals surface area (Å²) in [4.78, 5) is 114. The molecule has 20 heteroatoms. The first kappa shape index (κ1) is 56.6. The molecule has 1 spiro atoms. The van der Waals surface area contributed by atoms with Gasteiger partial charge in [0.25, 0.3) is 23.6 Å². The normalized spacial score (nSPS) is 21.6. The summed E-state index contributed by atoms with van der Waals surface area (Å²) in [5.74, 6) is -1.96. The molecule has 1 unspecified atom stereocenters. The summed E-state index contributed by atoms with van der Waals surface area (Å²) in [5.41, 5.74) is 6.48. The number of hydrogen-bond acceptors (Lipinski definition) is 13. The average Bonchev–Trinajstić information content (AvgIpc) is 1.81. The maximum Gasteiger partial charge on any atom is 0.262 e. The van der Waals surface area contributed by atoms with Gasteiger partial charge in [0.05, 0.1) is 39.8 Å². The lowest BCUT2D eigenvalue weighted by atomic mass is 9.73. The zero-order valence-electron chi connectivity index (χ0n) is 49.3. The lowest BCUT2D eigenvalue weighted by Gasteiger charge is -2.48. The van der Waals surface area contributed by atoms with Crippen LogP contribution < -0.4 is 30.5 Å². The predicted molar refractivity (Wildman–Crippen MR) is 322 cm³/mol. The molecule has 2 aromatic heterocycles. The van der Waals surface area contributed by atoms with E-state index in [0.717, 1.165) is 53.3 Å². The molecule has 6 aliphatic heterocycles. The Morgan fingerprint density at radius 2 is 1.51 bits per heavy atom. The number of ether oxygens (including phenoxy) is 1. The van der Waals surface area contributed by atoms with E-state index in [9.17, 15) is 28.8 Å². The molecule has 4 saturated heterocycles. The van der Waals surface area contributed by atoms with Gasteiger partial charge in [-0.15, -0.1) is 0 Å². The zero-order valence-corrected chi connectivity index (χ0v) is 49.3. The van der Waals surface area contributed by atoms with Crippen molar-refractivity contribution in [2.75, 3.05) is 54.4 Å². The molecule has 13 rings (SSSR count). The number of amides is 7. The second kappa shape index (κ2) is 22.4.